The smallest absolute Gasteiger partial charge is 0.135 e. The first-order valence-corrected chi connectivity index (χ1v) is 7.40. The van der Waals surface area contributed by atoms with Gasteiger partial charge in [-0.3, -0.25) is 0 Å². The van der Waals surface area contributed by atoms with Crippen LogP contribution >= 0.6 is 0 Å². The van der Waals surface area contributed by atoms with Crippen LogP contribution in [0.4, 0.5) is 11.6 Å². The van der Waals surface area contributed by atoms with Gasteiger partial charge in [-0.05, 0) is 19.8 Å². The summed E-state index contributed by atoms with van der Waals surface area (Å²) in [5, 5.41) is 16.1. The van der Waals surface area contributed by atoms with Gasteiger partial charge in [0.2, 0.25) is 0 Å². The number of aliphatic hydroxyl groups excluding tert-OH is 1. The molecule has 0 amide bonds. The van der Waals surface area contributed by atoms with Crippen LogP contribution < -0.4 is 10.6 Å². The molecule has 0 spiro atoms. The lowest BCUT2D eigenvalue weighted by atomic mass is 10.1. The molecule has 0 bridgehead atoms. The van der Waals surface area contributed by atoms with Crippen molar-refractivity contribution in [1.82, 2.24) is 9.97 Å². The second-order valence-electron chi connectivity index (χ2n) is 5.77. The average Bonchev–Trinajstić information content (AvgIpc) is 2.39. The van der Waals surface area contributed by atoms with Crippen LogP contribution in [0.1, 0.15) is 51.9 Å². The molecule has 5 nitrogen and oxygen atoms in total. The summed E-state index contributed by atoms with van der Waals surface area (Å²) in [6.45, 7) is 13.3. The number of hydrogen-bond donors (Lipinski definition) is 3. The number of anilines is 2. The van der Waals surface area contributed by atoms with Crippen LogP contribution in [0.25, 0.3) is 0 Å². The summed E-state index contributed by atoms with van der Waals surface area (Å²) < 4.78 is 0. The minimum atomic E-state index is -0.00177. The zero-order valence-corrected chi connectivity index (χ0v) is 13.5. The molecule has 1 unspecified atom stereocenters. The topological polar surface area (TPSA) is 70.1 Å². The molecule has 0 saturated heterocycles. The van der Waals surface area contributed by atoms with Crippen LogP contribution in [0.5, 0.6) is 0 Å². The van der Waals surface area contributed by atoms with Gasteiger partial charge in [0, 0.05) is 18.0 Å². The van der Waals surface area contributed by atoms with Crippen LogP contribution in [-0.4, -0.2) is 34.3 Å². The van der Waals surface area contributed by atoms with E-state index in [1.165, 1.54) is 0 Å². The molecule has 20 heavy (non-hydrogen) atoms. The Morgan fingerprint density at radius 1 is 1.10 bits per heavy atom. The van der Waals surface area contributed by atoms with Crippen molar-refractivity contribution in [2.75, 3.05) is 23.8 Å². The minimum absolute atomic E-state index is 0.00177. The van der Waals surface area contributed by atoms with Crippen molar-refractivity contribution in [2.45, 2.75) is 53.5 Å². The summed E-state index contributed by atoms with van der Waals surface area (Å²) in [6, 6.07) is -0.00177. The summed E-state index contributed by atoms with van der Waals surface area (Å²) in [7, 11) is 0. The third-order valence-corrected chi connectivity index (χ3v) is 3.35. The fourth-order valence-corrected chi connectivity index (χ4v) is 1.87. The van der Waals surface area contributed by atoms with E-state index in [9.17, 15) is 5.11 Å². The minimum Gasteiger partial charge on any atom is -0.394 e. The Morgan fingerprint density at radius 2 is 1.70 bits per heavy atom. The quantitative estimate of drug-likeness (QED) is 0.716. The molecule has 0 aliphatic heterocycles. The number of hydrogen-bond acceptors (Lipinski definition) is 5. The lowest BCUT2D eigenvalue weighted by Crippen LogP contribution is -2.30. The summed E-state index contributed by atoms with van der Waals surface area (Å²) >= 11 is 0. The van der Waals surface area contributed by atoms with Crippen molar-refractivity contribution >= 4 is 11.6 Å². The van der Waals surface area contributed by atoms with Crippen LogP contribution in [0.3, 0.4) is 0 Å². The van der Waals surface area contributed by atoms with Gasteiger partial charge in [0.15, 0.2) is 0 Å². The standard InChI is InChI=1S/C15H28N4O/c1-7-16-14-11(6)15(17-12(8-20)9(2)3)19-13(18-14)10(4)5/h9-10,12,20H,7-8H2,1-6H3,(H2,16,17,18,19). The Balaban J connectivity index is 3.15. The first-order valence-electron chi connectivity index (χ1n) is 7.40. The highest BCUT2D eigenvalue weighted by Crippen LogP contribution is 2.24. The molecule has 0 fully saturated rings. The zero-order valence-electron chi connectivity index (χ0n) is 13.5. The van der Waals surface area contributed by atoms with Crippen LogP contribution in [0.15, 0.2) is 0 Å². The molecule has 0 radical (unpaired) electrons. The third-order valence-electron chi connectivity index (χ3n) is 3.35. The van der Waals surface area contributed by atoms with E-state index in [1.54, 1.807) is 0 Å². The summed E-state index contributed by atoms with van der Waals surface area (Å²) in [5.41, 5.74) is 0.996. The van der Waals surface area contributed by atoms with Gasteiger partial charge in [-0.25, -0.2) is 9.97 Å². The van der Waals surface area contributed by atoms with E-state index in [1.807, 2.05) is 13.8 Å². The molecule has 0 saturated carbocycles. The van der Waals surface area contributed by atoms with E-state index in [4.69, 9.17) is 0 Å². The van der Waals surface area contributed by atoms with Crippen LogP contribution in [0, 0.1) is 12.8 Å². The molecular formula is C15H28N4O. The predicted octanol–water partition coefficient (Wildman–Crippen LogP) is 2.77. The van der Waals surface area contributed by atoms with Gasteiger partial charge in [-0.1, -0.05) is 27.7 Å². The SMILES string of the molecule is CCNc1nc(C(C)C)nc(NC(CO)C(C)C)c1C. The van der Waals surface area contributed by atoms with Crippen LogP contribution in [0.2, 0.25) is 0 Å². The molecule has 1 aromatic rings. The Bertz CT molecular complexity index is 432. The maximum Gasteiger partial charge on any atom is 0.135 e. The fourth-order valence-electron chi connectivity index (χ4n) is 1.87. The highest BCUT2D eigenvalue weighted by Gasteiger charge is 2.17. The highest BCUT2D eigenvalue weighted by molar-refractivity contribution is 5.57. The van der Waals surface area contributed by atoms with E-state index in [2.05, 4.69) is 48.3 Å². The van der Waals surface area contributed by atoms with E-state index in [0.717, 1.165) is 29.6 Å². The Hall–Kier alpha value is -1.36. The molecule has 1 heterocycles. The zero-order chi connectivity index (χ0) is 15.3. The monoisotopic (exact) mass is 280 g/mol. The normalized spacial score (nSPS) is 12.8. The summed E-state index contributed by atoms with van der Waals surface area (Å²) in [6.07, 6.45) is 0. The lowest BCUT2D eigenvalue weighted by Gasteiger charge is -2.23. The van der Waals surface area contributed by atoms with Gasteiger partial charge < -0.3 is 15.7 Å². The Labute approximate surface area is 122 Å². The van der Waals surface area contributed by atoms with Gasteiger partial charge >= 0.3 is 0 Å². The van der Waals surface area contributed by atoms with E-state index in [-0.39, 0.29) is 18.6 Å². The number of aromatic nitrogens is 2. The van der Waals surface area contributed by atoms with Crippen molar-refractivity contribution < 1.29 is 5.11 Å². The highest BCUT2D eigenvalue weighted by atomic mass is 16.3. The van der Waals surface area contributed by atoms with Gasteiger partial charge in [0.25, 0.3) is 0 Å². The third kappa shape index (κ3) is 4.07. The molecule has 0 aliphatic rings. The van der Waals surface area contributed by atoms with E-state index >= 15 is 0 Å². The first kappa shape index (κ1) is 16.7. The molecule has 114 valence electrons. The largest absolute Gasteiger partial charge is 0.394 e. The van der Waals surface area contributed by atoms with Crippen molar-refractivity contribution in [3.05, 3.63) is 11.4 Å². The maximum absolute atomic E-state index is 9.48. The van der Waals surface area contributed by atoms with Crippen molar-refractivity contribution in [2.24, 2.45) is 5.92 Å². The van der Waals surface area contributed by atoms with Crippen LogP contribution in [-0.2, 0) is 0 Å². The Kier molecular flexibility index (Phi) is 6.20. The van der Waals surface area contributed by atoms with E-state index in [0.29, 0.717) is 5.92 Å². The molecule has 1 rings (SSSR count). The molecule has 3 N–H and O–H groups in total. The van der Waals surface area contributed by atoms with Crippen molar-refractivity contribution in [3.8, 4) is 0 Å². The summed E-state index contributed by atoms with van der Waals surface area (Å²) in [5.74, 6) is 3.09. The molecule has 5 heteroatoms. The molecule has 0 aliphatic carbocycles. The Morgan fingerprint density at radius 3 is 2.15 bits per heavy atom. The second-order valence-corrected chi connectivity index (χ2v) is 5.77. The van der Waals surface area contributed by atoms with Gasteiger partial charge in [0.05, 0.1) is 12.6 Å². The number of nitrogens with zero attached hydrogens (tertiary/aromatic N) is 2. The summed E-state index contributed by atoms with van der Waals surface area (Å²) in [4.78, 5) is 9.19. The molecular weight excluding hydrogens is 252 g/mol. The van der Waals surface area contributed by atoms with Crippen molar-refractivity contribution in [3.63, 3.8) is 0 Å². The lowest BCUT2D eigenvalue weighted by molar-refractivity contribution is 0.249. The maximum atomic E-state index is 9.48. The average molecular weight is 280 g/mol. The fraction of sp³-hybridized carbons (Fsp3) is 0.733. The van der Waals surface area contributed by atoms with Crippen molar-refractivity contribution in [1.29, 1.82) is 0 Å². The van der Waals surface area contributed by atoms with Gasteiger partial charge in [-0.2, -0.15) is 0 Å². The predicted molar refractivity (Wildman–Crippen MR) is 84.4 cm³/mol. The first-order chi connectivity index (χ1) is 9.40. The number of aliphatic hydroxyl groups is 1. The van der Waals surface area contributed by atoms with E-state index < -0.39 is 0 Å². The molecule has 0 aromatic carbocycles. The molecule has 1 aromatic heterocycles. The van der Waals surface area contributed by atoms with Gasteiger partial charge in [-0.15, -0.1) is 0 Å². The number of rotatable bonds is 7. The number of nitrogens with one attached hydrogen (secondary N) is 2. The molecule has 1 atom stereocenters. The van der Waals surface area contributed by atoms with Gasteiger partial charge in [0.1, 0.15) is 17.5 Å². The second kappa shape index (κ2) is 7.43.